The first-order chi connectivity index (χ1) is 28.1. The number of aliphatic imine (C=N–C) groups is 1. The van der Waals surface area contributed by atoms with Gasteiger partial charge in [-0.1, -0.05) is 215 Å². The molecular weight excluding hydrogens is 699 g/mol. The van der Waals surface area contributed by atoms with Gasteiger partial charge in [0, 0.05) is 23.1 Å². The Hall–Kier alpha value is -3.63. The van der Waals surface area contributed by atoms with Crippen molar-refractivity contribution in [1.29, 1.82) is 0 Å². The van der Waals surface area contributed by atoms with E-state index in [0.717, 1.165) is 36.8 Å². The Bertz CT molecular complexity index is 1420. The van der Waals surface area contributed by atoms with Crippen molar-refractivity contribution in [2.45, 2.75) is 187 Å². The summed E-state index contributed by atoms with van der Waals surface area (Å²) in [6.45, 7) is 37.0. The molecule has 2 unspecified atom stereocenters. The largest absolute Gasteiger partial charge is 0.258 e. The second kappa shape index (κ2) is 40.2. The second-order valence-corrected chi connectivity index (χ2v) is 15.3. The molecule has 1 heteroatoms. The minimum atomic E-state index is 0.517. The van der Waals surface area contributed by atoms with Crippen LogP contribution in [0.2, 0.25) is 0 Å². The molecule has 1 nitrogen and oxygen atoms in total. The first kappa shape index (κ1) is 58.7. The van der Waals surface area contributed by atoms with Crippen LogP contribution in [0.25, 0.3) is 5.70 Å². The molecule has 4 rings (SSSR count). The molecule has 1 fully saturated rings. The van der Waals surface area contributed by atoms with Gasteiger partial charge in [-0.05, 0) is 96.6 Å². The molecule has 2 aliphatic rings. The van der Waals surface area contributed by atoms with Crippen molar-refractivity contribution in [1.82, 2.24) is 0 Å². The third kappa shape index (κ3) is 26.4. The quantitative estimate of drug-likeness (QED) is 0.0782. The van der Waals surface area contributed by atoms with Gasteiger partial charge in [-0.3, -0.25) is 4.99 Å². The van der Waals surface area contributed by atoms with Crippen LogP contribution in [0.5, 0.6) is 0 Å². The van der Waals surface area contributed by atoms with Gasteiger partial charge >= 0.3 is 0 Å². The molecule has 1 saturated carbocycles. The molecule has 0 heterocycles. The van der Waals surface area contributed by atoms with Gasteiger partial charge in [-0.2, -0.15) is 0 Å². The van der Waals surface area contributed by atoms with Gasteiger partial charge in [0.05, 0.1) is 5.70 Å². The monoisotopic (exact) mass is 792 g/mol. The van der Waals surface area contributed by atoms with E-state index in [0.29, 0.717) is 11.8 Å². The molecule has 0 bridgehead atoms. The normalized spacial score (nSPS) is 17.3. The maximum Gasteiger partial charge on any atom is 0.0661 e. The molecule has 2 aromatic rings. The first-order valence-electron chi connectivity index (χ1n) is 23.3. The lowest BCUT2D eigenvalue weighted by molar-refractivity contribution is 0.225. The lowest BCUT2D eigenvalue weighted by Crippen LogP contribution is -2.28. The maximum absolute atomic E-state index is 5.27. The molecule has 2 aliphatic carbocycles. The van der Waals surface area contributed by atoms with Crippen molar-refractivity contribution in [2.24, 2.45) is 28.7 Å². The molecule has 58 heavy (non-hydrogen) atoms. The molecular formula is C57H93N. The van der Waals surface area contributed by atoms with E-state index in [4.69, 9.17) is 4.99 Å². The molecule has 2 atom stereocenters. The SMILES string of the molecule is C#C.C/C=C(\N=C(C)C(Cc1ccc(C)cc1)C1CCC(CCCCC)CC1)c1ccccc1C.C=C(C)C1C=CC(CC)=CC1.C=CC.CC.CC.CCCCC. The van der Waals surface area contributed by atoms with Crippen molar-refractivity contribution in [3.8, 4) is 12.8 Å². The summed E-state index contributed by atoms with van der Waals surface area (Å²) < 4.78 is 0. The Balaban J connectivity index is -0.000000990. The van der Waals surface area contributed by atoms with Crippen molar-refractivity contribution in [2.75, 3.05) is 0 Å². The molecule has 0 aliphatic heterocycles. The van der Waals surface area contributed by atoms with Crippen LogP contribution >= 0.6 is 0 Å². The summed E-state index contributed by atoms with van der Waals surface area (Å²) >= 11 is 0. The van der Waals surface area contributed by atoms with Gasteiger partial charge in [-0.15, -0.1) is 19.4 Å². The topological polar surface area (TPSA) is 12.4 Å². The number of benzene rings is 2. The van der Waals surface area contributed by atoms with E-state index in [1.807, 2.05) is 34.6 Å². The third-order valence-corrected chi connectivity index (χ3v) is 10.7. The summed E-state index contributed by atoms with van der Waals surface area (Å²) in [6.07, 6.45) is 37.3. The summed E-state index contributed by atoms with van der Waals surface area (Å²) in [5.74, 6) is 2.80. The minimum absolute atomic E-state index is 0.517. The zero-order chi connectivity index (χ0) is 44.7. The second-order valence-electron chi connectivity index (χ2n) is 15.3. The molecule has 0 radical (unpaired) electrons. The van der Waals surface area contributed by atoms with Gasteiger partial charge in [-0.25, -0.2) is 0 Å². The van der Waals surface area contributed by atoms with Gasteiger partial charge in [0.1, 0.15) is 0 Å². The van der Waals surface area contributed by atoms with E-state index in [1.165, 1.54) is 110 Å². The van der Waals surface area contributed by atoms with E-state index in [2.05, 4.69) is 161 Å². The number of hydrogen-bond acceptors (Lipinski definition) is 1. The van der Waals surface area contributed by atoms with E-state index in [1.54, 1.807) is 6.08 Å². The Kier molecular flexibility index (Phi) is 40.6. The lowest BCUT2D eigenvalue weighted by Gasteiger charge is -2.34. The molecule has 2 aromatic carbocycles. The maximum atomic E-state index is 5.27. The first-order valence-corrected chi connectivity index (χ1v) is 23.3. The average Bonchev–Trinajstić information content (AvgIpc) is 3.26. The van der Waals surface area contributed by atoms with Crippen LogP contribution in [-0.2, 0) is 6.42 Å². The molecule has 0 amide bonds. The van der Waals surface area contributed by atoms with Crippen LogP contribution in [0.3, 0.4) is 0 Å². The smallest absolute Gasteiger partial charge is 0.0661 e. The van der Waals surface area contributed by atoms with Crippen LogP contribution < -0.4 is 0 Å². The summed E-state index contributed by atoms with van der Waals surface area (Å²) in [4.78, 5) is 5.27. The van der Waals surface area contributed by atoms with Gasteiger partial charge in [0.15, 0.2) is 0 Å². The summed E-state index contributed by atoms with van der Waals surface area (Å²) in [5, 5.41) is 0. The summed E-state index contributed by atoms with van der Waals surface area (Å²) in [7, 11) is 0. The van der Waals surface area contributed by atoms with Gasteiger partial charge < -0.3 is 0 Å². The van der Waals surface area contributed by atoms with Crippen LogP contribution in [-0.4, -0.2) is 5.71 Å². The fourth-order valence-electron chi connectivity index (χ4n) is 7.26. The highest BCUT2D eigenvalue weighted by atomic mass is 14.8. The molecule has 0 N–H and O–H groups in total. The Morgan fingerprint density at radius 1 is 0.810 bits per heavy atom. The number of allylic oxidation sites excluding steroid dienone is 7. The number of terminal acetylenes is 1. The van der Waals surface area contributed by atoms with Crippen LogP contribution in [0.4, 0.5) is 0 Å². The van der Waals surface area contributed by atoms with Crippen LogP contribution in [0.1, 0.15) is 189 Å². The van der Waals surface area contributed by atoms with E-state index >= 15 is 0 Å². The van der Waals surface area contributed by atoms with Crippen molar-refractivity contribution in [3.63, 3.8) is 0 Å². The Labute approximate surface area is 363 Å². The summed E-state index contributed by atoms with van der Waals surface area (Å²) in [6, 6.07) is 17.8. The Morgan fingerprint density at radius 2 is 1.36 bits per heavy atom. The predicted octanol–water partition coefficient (Wildman–Crippen LogP) is 18.5. The van der Waals surface area contributed by atoms with Gasteiger partial charge in [0.25, 0.3) is 0 Å². The number of nitrogens with zero attached hydrogens (tertiary/aromatic N) is 1. The van der Waals surface area contributed by atoms with E-state index in [-0.39, 0.29) is 0 Å². The highest BCUT2D eigenvalue weighted by Crippen LogP contribution is 2.38. The summed E-state index contributed by atoms with van der Waals surface area (Å²) in [5.41, 5.74) is 10.5. The number of rotatable bonds is 14. The van der Waals surface area contributed by atoms with E-state index in [9.17, 15) is 0 Å². The van der Waals surface area contributed by atoms with Crippen molar-refractivity contribution >= 4 is 11.4 Å². The standard InChI is InChI=1S/C32H45N.C11H16.C5H12.C3H6.2C2H6.C2H2/c1-6-8-9-13-27-19-21-29(22-20-27)31(23-28-17-15-24(3)16-18-28)26(5)33-32(7-2)30-14-11-10-12-25(30)4;1-4-10-5-7-11(8-6-10)9(2)3;1-3-5-4-2;1-3-2;3*1-2/h7,10-12,14-18,27,29,31H,6,8-9,13,19-23H2,1-5H3;5-7,11H,2,4,8H2,1,3H3;3-5H2,1-2H3;3H,1H2,2H3;2*1-2H3;1-2H/b32-7-,33-26?;;;;;;. The molecule has 0 spiro atoms. The fourth-order valence-corrected chi connectivity index (χ4v) is 7.26. The lowest BCUT2D eigenvalue weighted by atomic mass is 9.71. The fraction of sp³-hybridized carbons (Fsp3) is 0.561. The zero-order valence-corrected chi connectivity index (χ0v) is 40.7. The molecule has 326 valence electrons. The number of unbranched alkanes of at least 4 members (excludes halogenated alkanes) is 4. The van der Waals surface area contributed by atoms with Crippen molar-refractivity contribution < 1.29 is 0 Å². The highest BCUT2D eigenvalue weighted by Gasteiger charge is 2.29. The van der Waals surface area contributed by atoms with Gasteiger partial charge in [0.2, 0.25) is 0 Å². The van der Waals surface area contributed by atoms with Crippen molar-refractivity contribution in [3.05, 3.63) is 125 Å². The minimum Gasteiger partial charge on any atom is -0.258 e. The van der Waals surface area contributed by atoms with Crippen LogP contribution in [0.15, 0.2) is 108 Å². The van der Waals surface area contributed by atoms with Crippen LogP contribution in [0, 0.1) is 50.4 Å². The number of hydrogen-bond donors (Lipinski definition) is 0. The number of aryl methyl sites for hydroxylation is 2. The van der Waals surface area contributed by atoms with E-state index < -0.39 is 0 Å². The third-order valence-electron chi connectivity index (χ3n) is 10.7. The highest BCUT2D eigenvalue weighted by molar-refractivity contribution is 5.90. The Morgan fingerprint density at radius 3 is 1.79 bits per heavy atom. The molecule has 0 aromatic heterocycles. The predicted molar refractivity (Wildman–Crippen MR) is 270 cm³/mol. The average molecular weight is 792 g/mol. The molecule has 0 saturated heterocycles. The zero-order valence-electron chi connectivity index (χ0n) is 40.7.